The molecule has 0 saturated carbocycles. The third-order valence-electron chi connectivity index (χ3n) is 4.31. The SMILES string of the molecule is O=C(NC1CCN(C(=O)c2ccc(F)cc2Br)CC1)c1ccccc1. The summed E-state index contributed by atoms with van der Waals surface area (Å²) in [6, 6.07) is 13.2. The van der Waals surface area contributed by atoms with E-state index in [9.17, 15) is 14.0 Å². The molecule has 0 bridgehead atoms. The highest BCUT2D eigenvalue weighted by Gasteiger charge is 2.25. The summed E-state index contributed by atoms with van der Waals surface area (Å²) in [4.78, 5) is 26.5. The van der Waals surface area contributed by atoms with E-state index < -0.39 is 0 Å². The summed E-state index contributed by atoms with van der Waals surface area (Å²) in [5, 5.41) is 3.02. The van der Waals surface area contributed by atoms with Crippen LogP contribution in [0.4, 0.5) is 4.39 Å². The molecule has 2 amide bonds. The highest BCUT2D eigenvalue weighted by Crippen LogP contribution is 2.22. The van der Waals surface area contributed by atoms with Crippen LogP contribution in [0.3, 0.4) is 0 Å². The van der Waals surface area contributed by atoms with E-state index in [0.29, 0.717) is 41.5 Å². The maximum absolute atomic E-state index is 13.2. The highest BCUT2D eigenvalue weighted by atomic mass is 79.9. The molecule has 1 saturated heterocycles. The second kappa shape index (κ2) is 7.78. The lowest BCUT2D eigenvalue weighted by Gasteiger charge is -2.32. The highest BCUT2D eigenvalue weighted by molar-refractivity contribution is 9.10. The molecule has 1 heterocycles. The van der Waals surface area contributed by atoms with Gasteiger partial charge in [0.15, 0.2) is 0 Å². The third-order valence-corrected chi connectivity index (χ3v) is 4.97. The second-order valence-electron chi connectivity index (χ2n) is 6.03. The lowest BCUT2D eigenvalue weighted by atomic mass is 10.0. The quantitative estimate of drug-likeness (QED) is 0.848. The van der Waals surface area contributed by atoms with Gasteiger partial charge in [-0.15, -0.1) is 0 Å². The zero-order valence-electron chi connectivity index (χ0n) is 13.5. The van der Waals surface area contributed by atoms with Gasteiger partial charge in [-0.25, -0.2) is 4.39 Å². The van der Waals surface area contributed by atoms with Crippen LogP contribution in [0.15, 0.2) is 53.0 Å². The van der Waals surface area contributed by atoms with Crippen molar-refractivity contribution in [3.05, 3.63) is 69.9 Å². The lowest BCUT2D eigenvalue weighted by molar-refractivity contribution is 0.0697. The van der Waals surface area contributed by atoms with Gasteiger partial charge in [0.05, 0.1) is 5.56 Å². The number of likely N-dealkylation sites (tertiary alicyclic amines) is 1. The fourth-order valence-electron chi connectivity index (χ4n) is 2.92. The summed E-state index contributed by atoms with van der Waals surface area (Å²) in [5.74, 6) is -0.600. The maximum atomic E-state index is 13.2. The maximum Gasteiger partial charge on any atom is 0.255 e. The number of carbonyl (C=O) groups excluding carboxylic acids is 2. The van der Waals surface area contributed by atoms with Crippen molar-refractivity contribution in [3.63, 3.8) is 0 Å². The molecule has 1 aliphatic rings. The van der Waals surface area contributed by atoms with E-state index in [2.05, 4.69) is 21.2 Å². The first-order valence-electron chi connectivity index (χ1n) is 8.15. The molecule has 0 spiro atoms. The second-order valence-corrected chi connectivity index (χ2v) is 6.88. The Balaban J connectivity index is 1.56. The molecule has 4 nitrogen and oxygen atoms in total. The monoisotopic (exact) mass is 404 g/mol. The van der Waals surface area contributed by atoms with Gasteiger partial charge in [-0.3, -0.25) is 9.59 Å². The minimum atomic E-state index is -0.384. The van der Waals surface area contributed by atoms with Crippen molar-refractivity contribution in [2.24, 2.45) is 0 Å². The van der Waals surface area contributed by atoms with E-state index in [1.807, 2.05) is 18.2 Å². The zero-order chi connectivity index (χ0) is 17.8. The van der Waals surface area contributed by atoms with Crippen molar-refractivity contribution >= 4 is 27.7 Å². The number of halogens is 2. The van der Waals surface area contributed by atoms with Gasteiger partial charge < -0.3 is 10.2 Å². The van der Waals surface area contributed by atoms with E-state index in [0.717, 1.165) is 0 Å². The van der Waals surface area contributed by atoms with Gasteiger partial charge in [0.1, 0.15) is 5.82 Å². The smallest absolute Gasteiger partial charge is 0.255 e. The van der Waals surface area contributed by atoms with Crippen LogP contribution in [0.25, 0.3) is 0 Å². The third kappa shape index (κ3) is 4.25. The number of nitrogens with zero attached hydrogens (tertiary/aromatic N) is 1. The van der Waals surface area contributed by atoms with Gasteiger partial charge in [-0.2, -0.15) is 0 Å². The fourth-order valence-corrected chi connectivity index (χ4v) is 3.44. The number of piperidine rings is 1. The van der Waals surface area contributed by atoms with E-state index in [1.54, 1.807) is 17.0 Å². The van der Waals surface area contributed by atoms with Crippen molar-refractivity contribution < 1.29 is 14.0 Å². The van der Waals surface area contributed by atoms with Crippen LogP contribution in [-0.2, 0) is 0 Å². The molecule has 3 rings (SSSR count). The first-order chi connectivity index (χ1) is 12.0. The van der Waals surface area contributed by atoms with Crippen LogP contribution in [0, 0.1) is 5.82 Å². The number of hydrogen-bond acceptors (Lipinski definition) is 2. The first kappa shape index (κ1) is 17.6. The number of hydrogen-bond donors (Lipinski definition) is 1. The molecule has 1 fully saturated rings. The number of amides is 2. The zero-order valence-corrected chi connectivity index (χ0v) is 15.1. The fraction of sp³-hybridized carbons (Fsp3) is 0.263. The molecule has 6 heteroatoms. The molecule has 130 valence electrons. The summed E-state index contributed by atoms with van der Waals surface area (Å²) in [6.45, 7) is 1.12. The molecule has 2 aromatic carbocycles. The van der Waals surface area contributed by atoms with Crippen LogP contribution in [0.5, 0.6) is 0 Å². The Morgan fingerprint density at radius 1 is 1.08 bits per heavy atom. The first-order valence-corrected chi connectivity index (χ1v) is 8.94. The predicted octanol–water partition coefficient (Wildman–Crippen LogP) is 3.62. The normalized spacial score (nSPS) is 15.0. The molecular formula is C19H18BrFN2O2. The van der Waals surface area contributed by atoms with Gasteiger partial charge in [0, 0.05) is 29.2 Å². The molecule has 0 atom stereocenters. The Morgan fingerprint density at radius 2 is 1.76 bits per heavy atom. The van der Waals surface area contributed by atoms with E-state index in [-0.39, 0.29) is 23.7 Å². The number of carbonyl (C=O) groups is 2. The summed E-state index contributed by atoms with van der Waals surface area (Å²) in [7, 11) is 0. The Hall–Kier alpha value is -2.21. The van der Waals surface area contributed by atoms with Gasteiger partial charge in [0.2, 0.25) is 0 Å². The van der Waals surface area contributed by atoms with Gasteiger partial charge in [-0.1, -0.05) is 18.2 Å². The van der Waals surface area contributed by atoms with Crippen molar-refractivity contribution in [1.29, 1.82) is 0 Å². The number of rotatable bonds is 3. The van der Waals surface area contributed by atoms with Crippen molar-refractivity contribution in [2.75, 3.05) is 13.1 Å². The van der Waals surface area contributed by atoms with Crippen molar-refractivity contribution in [2.45, 2.75) is 18.9 Å². The number of nitrogens with one attached hydrogen (secondary N) is 1. The summed E-state index contributed by atoms with van der Waals surface area (Å²) < 4.78 is 13.6. The van der Waals surface area contributed by atoms with E-state index >= 15 is 0 Å². The van der Waals surface area contributed by atoms with Gasteiger partial charge >= 0.3 is 0 Å². The van der Waals surface area contributed by atoms with Crippen LogP contribution < -0.4 is 5.32 Å². The minimum absolute atomic E-state index is 0.0495. The Bertz CT molecular complexity index is 774. The summed E-state index contributed by atoms with van der Waals surface area (Å²) >= 11 is 3.24. The van der Waals surface area contributed by atoms with Crippen LogP contribution in [0.2, 0.25) is 0 Å². The molecule has 1 N–H and O–H groups in total. The largest absolute Gasteiger partial charge is 0.349 e. The minimum Gasteiger partial charge on any atom is -0.349 e. The average Bonchev–Trinajstić information content (AvgIpc) is 2.62. The molecule has 0 radical (unpaired) electrons. The van der Waals surface area contributed by atoms with Gasteiger partial charge in [-0.05, 0) is 59.1 Å². The van der Waals surface area contributed by atoms with E-state index in [1.165, 1.54) is 18.2 Å². The predicted molar refractivity (Wildman–Crippen MR) is 96.9 cm³/mol. The standard InChI is InChI=1S/C19H18BrFN2O2/c20-17-12-14(21)6-7-16(17)19(25)23-10-8-15(9-11-23)22-18(24)13-4-2-1-3-5-13/h1-7,12,15H,8-11H2,(H,22,24). The molecule has 0 aliphatic carbocycles. The van der Waals surface area contributed by atoms with Crippen molar-refractivity contribution in [1.82, 2.24) is 10.2 Å². The lowest BCUT2D eigenvalue weighted by Crippen LogP contribution is -2.46. The Kier molecular flexibility index (Phi) is 5.48. The molecule has 1 aliphatic heterocycles. The summed E-state index contributed by atoms with van der Waals surface area (Å²) in [5.41, 5.74) is 1.09. The summed E-state index contributed by atoms with van der Waals surface area (Å²) in [6.07, 6.45) is 1.40. The Morgan fingerprint density at radius 3 is 2.40 bits per heavy atom. The van der Waals surface area contributed by atoms with Crippen LogP contribution >= 0.6 is 15.9 Å². The van der Waals surface area contributed by atoms with Crippen LogP contribution in [0.1, 0.15) is 33.6 Å². The van der Waals surface area contributed by atoms with Crippen LogP contribution in [-0.4, -0.2) is 35.8 Å². The van der Waals surface area contributed by atoms with E-state index in [4.69, 9.17) is 0 Å². The van der Waals surface area contributed by atoms with Gasteiger partial charge in [0.25, 0.3) is 11.8 Å². The molecule has 2 aromatic rings. The molecular weight excluding hydrogens is 387 g/mol. The molecule has 0 aromatic heterocycles. The topological polar surface area (TPSA) is 49.4 Å². The number of benzene rings is 2. The Labute approximate surface area is 154 Å². The average molecular weight is 405 g/mol. The molecule has 0 unspecified atom stereocenters. The molecule has 25 heavy (non-hydrogen) atoms. The van der Waals surface area contributed by atoms with Crippen molar-refractivity contribution in [3.8, 4) is 0 Å².